The van der Waals surface area contributed by atoms with Crippen LogP contribution in [-0.2, 0) is 12.3 Å². The maximum atomic E-state index is 13.0. The van der Waals surface area contributed by atoms with E-state index in [-0.39, 0.29) is 5.56 Å². The van der Waals surface area contributed by atoms with Crippen LogP contribution in [0.3, 0.4) is 0 Å². The highest BCUT2D eigenvalue weighted by Crippen LogP contribution is 2.25. The summed E-state index contributed by atoms with van der Waals surface area (Å²) in [5.74, 6) is 0.784. The van der Waals surface area contributed by atoms with Gasteiger partial charge in [0.2, 0.25) is 0 Å². The molecule has 29 heavy (non-hydrogen) atoms. The smallest absolute Gasteiger partial charge is 0.262 e. The normalized spacial score (nSPS) is 11.1. The second-order valence-corrected chi connectivity index (χ2v) is 8.02. The Bertz CT molecular complexity index is 1150. The van der Waals surface area contributed by atoms with Gasteiger partial charge in [-0.25, -0.2) is 4.98 Å². The lowest BCUT2D eigenvalue weighted by molar-refractivity contribution is 0.557. The van der Waals surface area contributed by atoms with E-state index in [1.54, 1.807) is 11.8 Å². The maximum Gasteiger partial charge on any atom is 0.262 e. The molecule has 0 fully saturated rings. The number of para-hydroxylation sites is 1. The number of benzene rings is 3. The SMILES string of the molecule is CCCCn1c(SCc2ccc(-c3ccccc3)cc2)nc2ccccc2c1=O. The summed E-state index contributed by atoms with van der Waals surface area (Å²) in [6, 6.07) is 26.6. The molecule has 0 saturated carbocycles. The Labute approximate surface area is 175 Å². The molecular weight excluding hydrogens is 376 g/mol. The summed E-state index contributed by atoms with van der Waals surface area (Å²) >= 11 is 1.63. The van der Waals surface area contributed by atoms with E-state index in [0.29, 0.717) is 11.9 Å². The zero-order chi connectivity index (χ0) is 20.1. The molecule has 0 aliphatic heterocycles. The molecule has 0 N–H and O–H groups in total. The second kappa shape index (κ2) is 9.10. The van der Waals surface area contributed by atoms with Crippen LogP contribution in [0, 0.1) is 0 Å². The van der Waals surface area contributed by atoms with E-state index in [1.807, 2.05) is 34.9 Å². The minimum absolute atomic E-state index is 0.0611. The molecule has 0 amide bonds. The van der Waals surface area contributed by atoms with Crippen LogP contribution in [0.25, 0.3) is 22.0 Å². The van der Waals surface area contributed by atoms with Crippen molar-refractivity contribution in [2.24, 2.45) is 0 Å². The van der Waals surface area contributed by atoms with Crippen LogP contribution in [0.4, 0.5) is 0 Å². The monoisotopic (exact) mass is 400 g/mol. The minimum Gasteiger partial charge on any atom is -0.287 e. The molecule has 3 aromatic carbocycles. The van der Waals surface area contributed by atoms with Crippen molar-refractivity contribution < 1.29 is 0 Å². The zero-order valence-electron chi connectivity index (χ0n) is 16.5. The second-order valence-electron chi connectivity index (χ2n) is 7.07. The molecule has 4 aromatic rings. The maximum absolute atomic E-state index is 13.0. The van der Waals surface area contributed by atoms with Gasteiger partial charge in [0.05, 0.1) is 10.9 Å². The Balaban J connectivity index is 1.58. The van der Waals surface area contributed by atoms with Crippen molar-refractivity contribution in [1.29, 1.82) is 0 Å². The van der Waals surface area contributed by atoms with Crippen molar-refractivity contribution in [3.05, 3.63) is 94.8 Å². The average molecular weight is 401 g/mol. The molecule has 0 aliphatic carbocycles. The first kappa shape index (κ1) is 19.5. The van der Waals surface area contributed by atoms with Gasteiger partial charge in [0.1, 0.15) is 0 Å². The van der Waals surface area contributed by atoms with Gasteiger partial charge < -0.3 is 0 Å². The highest BCUT2D eigenvalue weighted by Gasteiger charge is 2.11. The molecule has 0 atom stereocenters. The number of nitrogens with zero attached hydrogens (tertiary/aromatic N) is 2. The summed E-state index contributed by atoms with van der Waals surface area (Å²) in [6.07, 6.45) is 2.02. The van der Waals surface area contributed by atoms with Crippen molar-refractivity contribution in [1.82, 2.24) is 9.55 Å². The predicted molar refractivity (Wildman–Crippen MR) is 122 cm³/mol. The van der Waals surface area contributed by atoms with Gasteiger partial charge >= 0.3 is 0 Å². The molecule has 4 rings (SSSR count). The lowest BCUT2D eigenvalue weighted by Crippen LogP contribution is -2.23. The first-order chi connectivity index (χ1) is 14.3. The van der Waals surface area contributed by atoms with Gasteiger partial charge in [0.25, 0.3) is 5.56 Å². The Hall–Kier alpha value is -2.85. The average Bonchev–Trinajstić information content (AvgIpc) is 2.78. The van der Waals surface area contributed by atoms with E-state index in [1.165, 1.54) is 16.7 Å². The van der Waals surface area contributed by atoms with Gasteiger partial charge in [-0.05, 0) is 35.2 Å². The number of aromatic nitrogens is 2. The number of hydrogen-bond acceptors (Lipinski definition) is 3. The molecule has 146 valence electrons. The van der Waals surface area contributed by atoms with E-state index < -0.39 is 0 Å². The van der Waals surface area contributed by atoms with E-state index >= 15 is 0 Å². The summed E-state index contributed by atoms with van der Waals surface area (Å²) in [7, 11) is 0. The van der Waals surface area contributed by atoms with Gasteiger partial charge in [-0.1, -0.05) is 91.8 Å². The third kappa shape index (κ3) is 4.43. The largest absolute Gasteiger partial charge is 0.287 e. The molecule has 3 nitrogen and oxygen atoms in total. The third-order valence-electron chi connectivity index (χ3n) is 4.99. The first-order valence-corrected chi connectivity index (χ1v) is 11.0. The zero-order valence-corrected chi connectivity index (χ0v) is 17.4. The quantitative estimate of drug-likeness (QED) is 0.275. The standard InChI is InChI=1S/C25H24N2OS/c1-2-3-17-27-24(28)22-11-7-8-12-23(22)26-25(27)29-18-19-13-15-21(16-14-19)20-9-5-4-6-10-20/h4-16H,2-3,17-18H2,1H3. The molecule has 0 aliphatic rings. The van der Waals surface area contributed by atoms with Crippen molar-refractivity contribution >= 4 is 22.7 Å². The van der Waals surface area contributed by atoms with Gasteiger partial charge in [0.15, 0.2) is 5.16 Å². The Morgan fingerprint density at radius 2 is 1.55 bits per heavy atom. The van der Waals surface area contributed by atoms with Crippen molar-refractivity contribution in [2.45, 2.75) is 37.2 Å². The lowest BCUT2D eigenvalue weighted by Gasteiger charge is -2.13. The van der Waals surface area contributed by atoms with Crippen LogP contribution in [0.15, 0.2) is 88.8 Å². The summed E-state index contributed by atoms with van der Waals surface area (Å²) < 4.78 is 1.84. The van der Waals surface area contributed by atoms with Crippen LogP contribution < -0.4 is 5.56 Å². The van der Waals surface area contributed by atoms with Crippen molar-refractivity contribution in [3.8, 4) is 11.1 Å². The summed E-state index contributed by atoms with van der Waals surface area (Å²) in [6.45, 7) is 2.85. The fourth-order valence-electron chi connectivity index (χ4n) is 3.34. The fraction of sp³-hybridized carbons (Fsp3) is 0.200. The Morgan fingerprint density at radius 1 is 0.862 bits per heavy atom. The number of unbranched alkanes of at least 4 members (excludes halogenated alkanes) is 1. The van der Waals surface area contributed by atoms with E-state index in [2.05, 4.69) is 55.5 Å². The van der Waals surface area contributed by atoms with Gasteiger partial charge in [-0.3, -0.25) is 9.36 Å². The fourth-order valence-corrected chi connectivity index (χ4v) is 4.32. The summed E-state index contributed by atoms with van der Waals surface area (Å²) in [5, 5.41) is 1.49. The Kier molecular flexibility index (Phi) is 6.11. The molecule has 1 aromatic heterocycles. The van der Waals surface area contributed by atoms with Gasteiger partial charge in [0, 0.05) is 12.3 Å². The molecule has 0 spiro atoms. The van der Waals surface area contributed by atoms with Crippen LogP contribution in [0.2, 0.25) is 0 Å². The van der Waals surface area contributed by atoms with E-state index in [4.69, 9.17) is 4.98 Å². The van der Waals surface area contributed by atoms with Crippen molar-refractivity contribution in [3.63, 3.8) is 0 Å². The van der Waals surface area contributed by atoms with E-state index in [9.17, 15) is 4.79 Å². The first-order valence-electron chi connectivity index (χ1n) is 10.0. The predicted octanol–water partition coefficient (Wildman–Crippen LogP) is 6.16. The molecule has 0 bridgehead atoms. The van der Waals surface area contributed by atoms with Crippen molar-refractivity contribution in [2.75, 3.05) is 0 Å². The lowest BCUT2D eigenvalue weighted by atomic mass is 10.0. The molecule has 0 radical (unpaired) electrons. The number of thioether (sulfide) groups is 1. The molecular formula is C25H24N2OS. The molecule has 0 unspecified atom stereocenters. The van der Waals surface area contributed by atoms with E-state index in [0.717, 1.165) is 29.3 Å². The summed E-state index contributed by atoms with van der Waals surface area (Å²) in [5.41, 5.74) is 4.48. The number of fused-ring (bicyclic) bond motifs is 1. The third-order valence-corrected chi connectivity index (χ3v) is 6.04. The number of hydrogen-bond donors (Lipinski definition) is 0. The van der Waals surface area contributed by atoms with Crippen LogP contribution in [0.1, 0.15) is 25.3 Å². The minimum atomic E-state index is 0.0611. The number of rotatable bonds is 7. The van der Waals surface area contributed by atoms with Gasteiger partial charge in [-0.15, -0.1) is 0 Å². The highest BCUT2D eigenvalue weighted by molar-refractivity contribution is 7.98. The molecule has 0 saturated heterocycles. The topological polar surface area (TPSA) is 34.9 Å². The van der Waals surface area contributed by atoms with Crippen LogP contribution in [-0.4, -0.2) is 9.55 Å². The Morgan fingerprint density at radius 3 is 2.31 bits per heavy atom. The summed E-state index contributed by atoms with van der Waals surface area (Å²) in [4.78, 5) is 17.8. The highest BCUT2D eigenvalue weighted by atomic mass is 32.2. The van der Waals surface area contributed by atoms with Gasteiger partial charge in [-0.2, -0.15) is 0 Å². The van der Waals surface area contributed by atoms with Crippen LogP contribution in [0.5, 0.6) is 0 Å². The van der Waals surface area contributed by atoms with Crippen LogP contribution >= 0.6 is 11.8 Å². The molecule has 1 heterocycles. The molecule has 4 heteroatoms.